The zero-order chi connectivity index (χ0) is 10.5. The lowest BCUT2D eigenvalue weighted by molar-refractivity contribution is -0.136. The van der Waals surface area contributed by atoms with E-state index in [1.165, 1.54) is 6.92 Å². The Morgan fingerprint density at radius 1 is 1.69 bits per heavy atom. The first kappa shape index (κ1) is 11.9. The molecule has 0 rings (SSSR count). The van der Waals surface area contributed by atoms with Crippen molar-refractivity contribution in [2.45, 2.75) is 18.6 Å². The Hall–Kier alpha value is -1.13. The third-order valence-corrected chi connectivity index (χ3v) is 2.93. The van der Waals surface area contributed by atoms with Gasteiger partial charge in [0.2, 0.25) is 10.0 Å². The van der Waals surface area contributed by atoms with E-state index in [-0.39, 0.29) is 13.0 Å². The molecule has 0 saturated heterocycles. The third-order valence-electron chi connectivity index (χ3n) is 1.29. The molecule has 0 heterocycles. The Balaban J connectivity index is 4.07. The zero-order valence-corrected chi connectivity index (χ0v) is 7.84. The summed E-state index contributed by atoms with van der Waals surface area (Å²) in [7, 11) is -3.68. The van der Waals surface area contributed by atoms with E-state index in [4.69, 9.17) is 10.4 Å². The lowest BCUT2D eigenvalue weighted by Crippen LogP contribution is -2.33. The number of carbonyl (C=O) groups is 1. The molecule has 0 aromatic carbocycles. The minimum absolute atomic E-state index is 0.191. The molecule has 0 aromatic heterocycles. The van der Waals surface area contributed by atoms with Gasteiger partial charge >= 0.3 is 5.97 Å². The molecule has 6 nitrogen and oxygen atoms in total. The van der Waals surface area contributed by atoms with Crippen LogP contribution in [0.15, 0.2) is 0 Å². The van der Waals surface area contributed by atoms with Crippen LogP contribution in [0.1, 0.15) is 13.3 Å². The van der Waals surface area contributed by atoms with Crippen LogP contribution in [0, 0.1) is 11.3 Å². The molecule has 0 aliphatic carbocycles. The molecule has 0 aliphatic heterocycles. The molecule has 13 heavy (non-hydrogen) atoms. The second-order valence-electron chi connectivity index (χ2n) is 2.35. The number of aliphatic carboxylic acids is 1. The van der Waals surface area contributed by atoms with Gasteiger partial charge in [0, 0.05) is 6.54 Å². The van der Waals surface area contributed by atoms with E-state index >= 15 is 0 Å². The molecular weight excluding hydrogens is 196 g/mol. The molecule has 0 fully saturated rings. The molecular formula is C6H10N2O4S. The van der Waals surface area contributed by atoms with Gasteiger partial charge in [0.25, 0.3) is 0 Å². The van der Waals surface area contributed by atoms with E-state index in [9.17, 15) is 13.2 Å². The fraction of sp³-hybridized carbons (Fsp3) is 0.667. The van der Waals surface area contributed by atoms with Crippen LogP contribution in [-0.4, -0.2) is 31.3 Å². The molecule has 1 atom stereocenters. The maximum Gasteiger partial charge on any atom is 0.304 e. The Morgan fingerprint density at radius 3 is 2.62 bits per heavy atom. The summed E-state index contributed by atoms with van der Waals surface area (Å²) in [6, 6.07) is 1.55. The van der Waals surface area contributed by atoms with Crippen molar-refractivity contribution in [1.82, 2.24) is 4.72 Å². The molecule has 0 spiro atoms. The summed E-state index contributed by atoms with van der Waals surface area (Å²) in [4.78, 5) is 10.0. The Kier molecular flexibility index (Phi) is 4.37. The lowest BCUT2D eigenvalue weighted by atomic mass is 10.5. The molecule has 1 unspecified atom stereocenters. The van der Waals surface area contributed by atoms with Gasteiger partial charge in [-0.15, -0.1) is 0 Å². The van der Waals surface area contributed by atoms with Crippen LogP contribution in [0.2, 0.25) is 0 Å². The van der Waals surface area contributed by atoms with Crippen LogP contribution >= 0.6 is 0 Å². The van der Waals surface area contributed by atoms with Crippen molar-refractivity contribution in [1.29, 1.82) is 5.26 Å². The van der Waals surface area contributed by atoms with Crippen LogP contribution < -0.4 is 4.72 Å². The maximum absolute atomic E-state index is 11.0. The SMILES string of the molecule is CC(C#N)S(=O)(=O)NCCC(=O)O. The molecule has 7 heteroatoms. The number of carboxylic acid groups (broad SMARTS) is 1. The monoisotopic (exact) mass is 206 g/mol. The van der Waals surface area contributed by atoms with Crippen LogP contribution in [-0.2, 0) is 14.8 Å². The fourth-order valence-electron chi connectivity index (χ4n) is 0.495. The molecule has 0 aromatic rings. The van der Waals surface area contributed by atoms with E-state index in [2.05, 4.69) is 0 Å². The van der Waals surface area contributed by atoms with Crippen LogP contribution in [0.4, 0.5) is 0 Å². The molecule has 0 saturated carbocycles. The van der Waals surface area contributed by atoms with Crippen molar-refractivity contribution < 1.29 is 18.3 Å². The average Bonchev–Trinajstić information content (AvgIpc) is 2.01. The van der Waals surface area contributed by atoms with Crippen molar-refractivity contribution in [3.63, 3.8) is 0 Å². The summed E-state index contributed by atoms with van der Waals surface area (Å²) in [5.41, 5.74) is 0. The highest BCUT2D eigenvalue weighted by Gasteiger charge is 2.19. The highest BCUT2D eigenvalue weighted by molar-refractivity contribution is 7.90. The number of rotatable bonds is 5. The Morgan fingerprint density at radius 2 is 2.23 bits per heavy atom. The first-order chi connectivity index (χ1) is 5.90. The Labute approximate surface area is 76.2 Å². The zero-order valence-electron chi connectivity index (χ0n) is 7.02. The summed E-state index contributed by atoms with van der Waals surface area (Å²) >= 11 is 0. The van der Waals surface area contributed by atoms with Gasteiger partial charge in [-0.3, -0.25) is 4.79 Å². The largest absolute Gasteiger partial charge is 0.481 e. The number of hydrogen-bond acceptors (Lipinski definition) is 4. The van der Waals surface area contributed by atoms with Crippen LogP contribution in [0.5, 0.6) is 0 Å². The van der Waals surface area contributed by atoms with E-state index in [1.807, 2.05) is 4.72 Å². The highest BCUT2D eigenvalue weighted by Crippen LogP contribution is 1.95. The Bertz CT molecular complexity index is 316. The fourth-order valence-corrected chi connectivity index (χ4v) is 1.27. The second-order valence-corrected chi connectivity index (χ2v) is 4.44. The normalized spacial score (nSPS) is 13.2. The van der Waals surface area contributed by atoms with E-state index in [0.29, 0.717) is 0 Å². The smallest absolute Gasteiger partial charge is 0.304 e. The summed E-state index contributed by atoms with van der Waals surface area (Å²) in [6.07, 6.45) is -0.294. The van der Waals surface area contributed by atoms with E-state index in [1.54, 1.807) is 6.07 Å². The van der Waals surface area contributed by atoms with Crippen molar-refractivity contribution in [3.8, 4) is 6.07 Å². The predicted molar refractivity (Wildman–Crippen MR) is 44.3 cm³/mol. The minimum atomic E-state index is -3.68. The van der Waals surface area contributed by atoms with Gasteiger partial charge in [-0.2, -0.15) is 5.26 Å². The predicted octanol–water partition coefficient (Wildman–Crippen LogP) is -0.707. The topological polar surface area (TPSA) is 107 Å². The van der Waals surface area contributed by atoms with Gasteiger partial charge < -0.3 is 5.11 Å². The summed E-state index contributed by atoms with van der Waals surface area (Å²) in [5, 5.41) is 15.3. The molecule has 74 valence electrons. The van der Waals surface area contributed by atoms with Crippen molar-refractivity contribution in [2.75, 3.05) is 6.54 Å². The van der Waals surface area contributed by atoms with Gasteiger partial charge in [-0.1, -0.05) is 0 Å². The molecule has 0 radical (unpaired) electrons. The third kappa shape index (κ3) is 4.45. The van der Waals surface area contributed by atoms with Gasteiger partial charge in [0.1, 0.15) is 0 Å². The van der Waals surface area contributed by atoms with E-state index < -0.39 is 21.2 Å². The summed E-state index contributed by atoms with van der Waals surface area (Å²) < 4.78 is 24.0. The number of nitriles is 1. The standard InChI is InChI=1S/C6H10N2O4S/c1-5(4-7)13(11,12)8-3-2-6(9)10/h5,8H,2-3H2,1H3,(H,9,10). The minimum Gasteiger partial charge on any atom is -0.481 e. The van der Waals surface area contributed by atoms with Crippen molar-refractivity contribution in [2.24, 2.45) is 0 Å². The number of sulfonamides is 1. The molecule has 0 aliphatic rings. The molecule has 2 N–H and O–H groups in total. The first-order valence-electron chi connectivity index (χ1n) is 3.50. The van der Waals surface area contributed by atoms with Crippen molar-refractivity contribution >= 4 is 16.0 Å². The quantitative estimate of drug-likeness (QED) is 0.618. The lowest BCUT2D eigenvalue weighted by Gasteiger charge is -2.05. The summed E-state index contributed by atoms with van der Waals surface area (Å²) in [6.45, 7) is 1.03. The van der Waals surface area contributed by atoms with Crippen LogP contribution in [0.3, 0.4) is 0 Å². The van der Waals surface area contributed by atoms with E-state index in [0.717, 1.165) is 0 Å². The molecule has 0 bridgehead atoms. The van der Waals surface area contributed by atoms with Crippen molar-refractivity contribution in [3.05, 3.63) is 0 Å². The summed E-state index contributed by atoms with van der Waals surface area (Å²) in [5.74, 6) is -1.09. The second kappa shape index (κ2) is 4.79. The number of nitrogens with one attached hydrogen (secondary N) is 1. The number of nitrogens with zero attached hydrogens (tertiary/aromatic N) is 1. The average molecular weight is 206 g/mol. The van der Waals surface area contributed by atoms with Gasteiger partial charge in [0.15, 0.2) is 5.25 Å². The van der Waals surface area contributed by atoms with Gasteiger partial charge in [-0.05, 0) is 6.92 Å². The van der Waals surface area contributed by atoms with Gasteiger partial charge in [-0.25, -0.2) is 13.1 Å². The maximum atomic E-state index is 11.0. The number of carboxylic acids is 1. The first-order valence-corrected chi connectivity index (χ1v) is 5.04. The van der Waals surface area contributed by atoms with Crippen LogP contribution in [0.25, 0.3) is 0 Å². The highest BCUT2D eigenvalue weighted by atomic mass is 32.2. The van der Waals surface area contributed by atoms with Gasteiger partial charge in [0.05, 0.1) is 12.5 Å². The number of hydrogen-bond donors (Lipinski definition) is 2. The molecule has 0 amide bonds.